The number of hydrogen-bond acceptors (Lipinski definition) is 6. The molecular formula is C27H23ClF3N3O2S. The van der Waals surface area contributed by atoms with Crippen LogP contribution in [0.25, 0.3) is 0 Å². The number of halogens is 4. The Bertz CT molecular complexity index is 1390. The summed E-state index contributed by atoms with van der Waals surface area (Å²) < 4.78 is 55.5. The third kappa shape index (κ3) is 6.61. The van der Waals surface area contributed by atoms with Crippen molar-refractivity contribution >= 4 is 35.1 Å². The van der Waals surface area contributed by atoms with Crippen LogP contribution in [0.5, 0.6) is 11.5 Å². The number of nitrogens with zero attached hydrogens (tertiary/aromatic N) is 2. The lowest BCUT2D eigenvalue weighted by Gasteiger charge is -2.24. The maximum atomic E-state index is 15.2. The third-order valence-corrected chi connectivity index (χ3v) is 6.78. The number of ether oxygens (including phenoxy) is 2. The summed E-state index contributed by atoms with van der Waals surface area (Å²) in [5.41, 5.74) is 1.49. The van der Waals surface area contributed by atoms with E-state index in [0.29, 0.717) is 22.7 Å². The highest BCUT2D eigenvalue weighted by molar-refractivity contribution is 8.00. The van der Waals surface area contributed by atoms with E-state index in [2.05, 4.69) is 10.3 Å². The van der Waals surface area contributed by atoms with Crippen LogP contribution < -0.4 is 19.1 Å². The van der Waals surface area contributed by atoms with Gasteiger partial charge in [-0.05, 0) is 54.4 Å². The molecule has 3 aromatic carbocycles. The Balaban J connectivity index is 1.61. The largest absolute Gasteiger partial charge is 0.497 e. The quantitative estimate of drug-likeness (QED) is 0.164. The van der Waals surface area contributed by atoms with E-state index in [9.17, 15) is 8.78 Å². The van der Waals surface area contributed by atoms with Gasteiger partial charge >= 0.3 is 0 Å². The van der Waals surface area contributed by atoms with Crippen LogP contribution >= 0.6 is 23.5 Å². The Morgan fingerprint density at radius 2 is 1.70 bits per heavy atom. The van der Waals surface area contributed by atoms with E-state index >= 15 is 4.39 Å². The molecule has 192 valence electrons. The van der Waals surface area contributed by atoms with Crippen molar-refractivity contribution in [1.82, 2.24) is 4.98 Å². The van der Waals surface area contributed by atoms with Crippen LogP contribution in [0.15, 0.2) is 77.7 Å². The topological polar surface area (TPSA) is 46.6 Å². The lowest BCUT2D eigenvalue weighted by Crippen LogP contribution is -2.16. The van der Waals surface area contributed by atoms with Crippen LogP contribution in [0, 0.1) is 17.6 Å². The van der Waals surface area contributed by atoms with E-state index in [1.165, 1.54) is 37.4 Å². The van der Waals surface area contributed by atoms with E-state index in [1.807, 2.05) is 6.07 Å². The molecule has 1 aromatic heterocycles. The number of rotatable bonds is 10. The molecular weight excluding hydrogens is 523 g/mol. The molecule has 37 heavy (non-hydrogen) atoms. The summed E-state index contributed by atoms with van der Waals surface area (Å²) in [6, 6.07) is 18.7. The summed E-state index contributed by atoms with van der Waals surface area (Å²) in [4.78, 5) is 4.16. The zero-order valence-electron chi connectivity index (χ0n) is 20.0. The zero-order valence-corrected chi connectivity index (χ0v) is 21.5. The fourth-order valence-electron chi connectivity index (χ4n) is 3.52. The molecule has 0 aliphatic rings. The molecule has 5 nitrogen and oxygen atoms in total. The van der Waals surface area contributed by atoms with E-state index in [0.717, 1.165) is 17.5 Å². The van der Waals surface area contributed by atoms with Gasteiger partial charge in [0.1, 0.15) is 29.0 Å². The lowest BCUT2D eigenvalue weighted by atomic mass is 10.2. The molecule has 0 aliphatic carbocycles. The molecule has 0 amide bonds. The Kier molecular flexibility index (Phi) is 8.68. The van der Waals surface area contributed by atoms with E-state index in [-0.39, 0.29) is 34.6 Å². The first-order valence-electron chi connectivity index (χ1n) is 11.1. The summed E-state index contributed by atoms with van der Waals surface area (Å²) in [6.07, 6.45) is 0. The lowest BCUT2D eigenvalue weighted by molar-refractivity contribution is 0.391. The minimum Gasteiger partial charge on any atom is -0.497 e. The number of hydrogen-bond donors (Lipinski definition) is 1. The summed E-state index contributed by atoms with van der Waals surface area (Å²) in [6.45, 7) is 0.341. The molecule has 4 aromatic rings. The standard InChI is InChI=1S/C27H23ClF3N3O2S/c1-35-19-11-10-18(24(12-19)36-2)16-34(27-9-5-8-26(31)33-27)37-25-13-20(28)23(14-22(25)30)32-15-17-6-3-4-7-21(17)29/h3-14,32H,15-16H2,1-2H3. The van der Waals surface area contributed by atoms with Crippen molar-refractivity contribution in [1.29, 1.82) is 0 Å². The molecule has 0 fully saturated rings. The highest BCUT2D eigenvalue weighted by Gasteiger charge is 2.19. The van der Waals surface area contributed by atoms with Crippen molar-refractivity contribution in [3.63, 3.8) is 0 Å². The zero-order chi connectivity index (χ0) is 26.4. The molecule has 0 atom stereocenters. The predicted octanol–water partition coefficient (Wildman–Crippen LogP) is 7.50. The van der Waals surface area contributed by atoms with Crippen LogP contribution in [0.4, 0.5) is 24.7 Å². The van der Waals surface area contributed by atoms with Crippen LogP contribution in [0.1, 0.15) is 11.1 Å². The molecule has 0 unspecified atom stereocenters. The fraction of sp³-hybridized carbons (Fsp3) is 0.148. The van der Waals surface area contributed by atoms with Crippen LogP contribution in [-0.2, 0) is 13.1 Å². The van der Waals surface area contributed by atoms with Gasteiger partial charge in [-0.2, -0.15) is 4.39 Å². The molecule has 0 spiro atoms. The first-order chi connectivity index (χ1) is 17.9. The summed E-state index contributed by atoms with van der Waals surface area (Å²) in [7, 11) is 3.08. The number of anilines is 2. The molecule has 4 rings (SSSR count). The second-order valence-corrected chi connectivity index (χ2v) is 9.30. The van der Waals surface area contributed by atoms with Crippen molar-refractivity contribution in [3.8, 4) is 11.5 Å². The Hall–Kier alpha value is -3.56. The van der Waals surface area contributed by atoms with Gasteiger partial charge in [0.2, 0.25) is 5.95 Å². The van der Waals surface area contributed by atoms with Crippen LogP contribution in [-0.4, -0.2) is 19.2 Å². The maximum absolute atomic E-state index is 15.2. The van der Waals surface area contributed by atoms with Gasteiger partial charge in [-0.15, -0.1) is 0 Å². The van der Waals surface area contributed by atoms with Gasteiger partial charge in [-0.25, -0.2) is 13.8 Å². The highest BCUT2D eigenvalue weighted by atomic mass is 35.5. The predicted molar refractivity (Wildman–Crippen MR) is 141 cm³/mol. The number of nitrogens with one attached hydrogen (secondary N) is 1. The first-order valence-corrected chi connectivity index (χ1v) is 12.3. The van der Waals surface area contributed by atoms with Crippen molar-refractivity contribution in [2.45, 2.75) is 18.0 Å². The van der Waals surface area contributed by atoms with Gasteiger partial charge in [0.05, 0.1) is 36.4 Å². The molecule has 1 heterocycles. The Morgan fingerprint density at radius 3 is 2.43 bits per heavy atom. The Labute approximate surface area is 222 Å². The van der Waals surface area contributed by atoms with Crippen molar-refractivity contribution in [2.24, 2.45) is 0 Å². The summed E-state index contributed by atoms with van der Waals surface area (Å²) in [5.74, 6) is -0.164. The highest BCUT2D eigenvalue weighted by Crippen LogP contribution is 2.37. The number of methoxy groups -OCH3 is 2. The van der Waals surface area contributed by atoms with Crippen molar-refractivity contribution < 1.29 is 22.6 Å². The molecule has 0 saturated heterocycles. The Morgan fingerprint density at radius 1 is 0.892 bits per heavy atom. The molecule has 1 N–H and O–H groups in total. The second-order valence-electron chi connectivity index (χ2n) is 7.83. The van der Waals surface area contributed by atoms with Gasteiger partial charge < -0.3 is 14.8 Å². The van der Waals surface area contributed by atoms with Gasteiger partial charge in [0.25, 0.3) is 0 Å². The van der Waals surface area contributed by atoms with Gasteiger partial charge in [0, 0.05) is 23.7 Å². The molecule has 0 saturated carbocycles. The minimum absolute atomic E-state index is 0.134. The average Bonchev–Trinajstić information content (AvgIpc) is 2.90. The first kappa shape index (κ1) is 26.5. The summed E-state index contributed by atoms with van der Waals surface area (Å²) >= 11 is 7.45. The third-order valence-electron chi connectivity index (χ3n) is 5.42. The normalized spacial score (nSPS) is 10.8. The van der Waals surface area contributed by atoms with Gasteiger partial charge in [0.15, 0.2) is 0 Å². The monoisotopic (exact) mass is 545 g/mol. The summed E-state index contributed by atoms with van der Waals surface area (Å²) in [5, 5.41) is 3.22. The van der Waals surface area contributed by atoms with E-state index in [1.54, 1.807) is 47.8 Å². The van der Waals surface area contributed by atoms with Crippen LogP contribution in [0.2, 0.25) is 5.02 Å². The van der Waals surface area contributed by atoms with Crippen molar-refractivity contribution in [2.75, 3.05) is 23.8 Å². The average molecular weight is 546 g/mol. The molecule has 0 aliphatic heterocycles. The minimum atomic E-state index is -0.670. The maximum Gasteiger partial charge on any atom is 0.214 e. The van der Waals surface area contributed by atoms with Gasteiger partial charge in [-0.1, -0.05) is 35.9 Å². The molecule has 0 bridgehead atoms. The number of benzene rings is 3. The van der Waals surface area contributed by atoms with Gasteiger partial charge in [-0.3, -0.25) is 4.31 Å². The van der Waals surface area contributed by atoms with E-state index < -0.39 is 11.8 Å². The number of pyridine rings is 1. The second kappa shape index (κ2) is 12.1. The van der Waals surface area contributed by atoms with E-state index in [4.69, 9.17) is 21.1 Å². The smallest absolute Gasteiger partial charge is 0.214 e. The fourth-order valence-corrected chi connectivity index (χ4v) is 4.77. The number of aromatic nitrogens is 1. The SMILES string of the molecule is COc1ccc(CN(Sc2cc(Cl)c(NCc3ccccc3F)cc2F)c2cccc(F)n2)c(OC)c1. The van der Waals surface area contributed by atoms with Crippen molar-refractivity contribution in [3.05, 3.63) is 107 Å². The molecule has 10 heteroatoms. The van der Waals surface area contributed by atoms with Crippen LogP contribution in [0.3, 0.4) is 0 Å². The molecule has 0 radical (unpaired) electrons.